The highest BCUT2D eigenvalue weighted by Gasteiger charge is 2.13. The van der Waals surface area contributed by atoms with Crippen molar-refractivity contribution in [3.8, 4) is 11.8 Å². The molecule has 0 aromatic heterocycles. The van der Waals surface area contributed by atoms with Crippen LogP contribution in [-0.4, -0.2) is 6.17 Å². The van der Waals surface area contributed by atoms with Gasteiger partial charge in [-0.1, -0.05) is 73.4 Å². The second-order valence-electron chi connectivity index (χ2n) is 8.86. The van der Waals surface area contributed by atoms with Crippen molar-refractivity contribution in [1.29, 1.82) is 0 Å². The highest BCUT2D eigenvalue weighted by molar-refractivity contribution is 5.88. The predicted octanol–water partition coefficient (Wildman–Crippen LogP) is 8.15. The van der Waals surface area contributed by atoms with Crippen molar-refractivity contribution in [3.05, 3.63) is 118 Å². The molecule has 2 atom stereocenters. The summed E-state index contributed by atoms with van der Waals surface area (Å²) in [5, 5.41) is 2.11. The lowest BCUT2D eigenvalue weighted by atomic mass is 9.89. The number of fused-ring (bicyclic) bond motifs is 1. The number of hydrogen-bond donors (Lipinski definition) is 0. The molecule has 4 aromatic rings. The van der Waals surface area contributed by atoms with Crippen LogP contribution in [0.2, 0.25) is 0 Å². The van der Waals surface area contributed by atoms with Gasteiger partial charge in [-0.3, -0.25) is 0 Å². The number of halogens is 3. The fourth-order valence-electron chi connectivity index (χ4n) is 4.45. The second kappa shape index (κ2) is 10.6. The van der Waals surface area contributed by atoms with Crippen molar-refractivity contribution >= 4 is 10.8 Å². The third-order valence-corrected chi connectivity index (χ3v) is 6.15. The second-order valence-corrected chi connectivity index (χ2v) is 8.86. The summed E-state index contributed by atoms with van der Waals surface area (Å²) in [4.78, 5) is 0. The van der Waals surface area contributed by atoms with Gasteiger partial charge in [0.1, 0.15) is 0 Å². The molecular weight excluding hydrogens is 429 g/mol. The lowest BCUT2D eigenvalue weighted by Gasteiger charge is -2.17. The van der Waals surface area contributed by atoms with Crippen molar-refractivity contribution in [2.45, 2.75) is 45.2 Å². The molecule has 0 saturated carbocycles. The highest BCUT2D eigenvalue weighted by Crippen LogP contribution is 2.27. The first-order valence-corrected chi connectivity index (χ1v) is 11.6. The van der Waals surface area contributed by atoms with Crippen LogP contribution >= 0.6 is 0 Å². The molecule has 34 heavy (non-hydrogen) atoms. The van der Waals surface area contributed by atoms with Gasteiger partial charge in [-0.25, -0.2) is 13.2 Å². The molecule has 0 heterocycles. The molecule has 0 spiro atoms. The number of aryl methyl sites for hydroxylation is 2. The molecule has 0 amide bonds. The Kier molecular flexibility index (Phi) is 7.38. The number of benzene rings is 4. The van der Waals surface area contributed by atoms with E-state index in [2.05, 4.69) is 55.2 Å². The van der Waals surface area contributed by atoms with Crippen LogP contribution in [-0.2, 0) is 12.8 Å². The Balaban J connectivity index is 1.54. The van der Waals surface area contributed by atoms with Crippen molar-refractivity contribution in [1.82, 2.24) is 0 Å². The Hall–Kier alpha value is -3.51. The Morgan fingerprint density at radius 2 is 1.59 bits per heavy atom. The van der Waals surface area contributed by atoms with Gasteiger partial charge in [-0.15, -0.1) is 0 Å². The summed E-state index contributed by atoms with van der Waals surface area (Å²) in [6.07, 6.45) is 1.49. The van der Waals surface area contributed by atoms with Crippen LogP contribution < -0.4 is 0 Å². The Morgan fingerprint density at radius 1 is 0.765 bits per heavy atom. The monoisotopic (exact) mass is 456 g/mol. The minimum absolute atomic E-state index is 0.184. The summed E-state index contributed by atoms with van der Waals surface area (Å²) in [5.41, 5.74) is 4.99. The van der Waals surface area contributed by atoms with Crippen LogP contribution in [0.15, 0.2) is 78.9 Å². The van der Waals surface area contributed by atoms with Gasteiger partial charge in [0.05, 0.1) is 6.17 Å². The van der Waals surface area contributed by atoms with Crippen LogP contribution in [0.3, 0.4) is 0 Å². The van der Waals surface area contributed by atoms with E-state index in [0.717, 1.165) is 41.3 Å². The Morgan fingerprint density at radius 3 is 2.38 bits per heavy atom. The maximum Gasteiger partial charge on any atom is 0.160 e. The Bertz CT molecular complexity index is 1360. The molecule has 172 valence electrons. The quantitative estimate of drug-likeness (QED) is 0.257. The van der Waals surface area contributed by atoms with Crippen molar-refractivity contribution in [2.75, 3.05) is 0 Å². The molecule has 0 radical (unpaired) electrons. The summed E-state index contributed by atoms with van der Waals surface area (Å²) >= 11 is 0. The molecule has 3 heteroatoms. The topological polar surface area (TPSA) is 0 Å². The van der Waals surface area contributed by atoms with E-state index in [-0.39, 0.29) is 5.92 Å². The zero-order valence-corrected chi connectivity index (χ0v) is 19.4. The summed E-state index contributed by atoms with van der Waals surface area (Å²) < 4.78 is 40.2. The minimum Gasteiger partial charge on any atom is -0.248 e. The van der Waals surface area contributed by atoms with Crippen LogP contribution in [0.1, 0.15) is 54.0 Å². The van der Waals surface area contributed by atoms with Crippen molar-refractivity contribution in [2.24, 2.45) is 0 Å². The SMILES string of the molecule is CC(F)CC(C)c1ccccc1CCc1ccc2c(C#Cc3ccc(F)c(F)c3)cccc2c1. The molecule has 0 aliphatic heterocycles. The normalized spacial score (nSPS) is 12.7. The van der Waals surface area contributed by atoms with Crippen LogP contribution in [0.5, 0.6) is 0 Å². The molecule has 4 aromatic carbocycles. The van der Waals surface area contributed by atoms with Gasteiger partial charge < -0.3 is 0 Å². The van der Waals surface area contributed by atoms with Gasteiger partial charge >= 0.3 is 0 Å². The van der Waals surface area contributed by atoms with Gasteiger partial charge in [0, 0.05) is 11.1 Å². The van der Waals surface area contributed by atoms with E-state index < -0.39 is 17.8 Å². The number of hydrogen-bond acceptors (Lipinski definition) is 0. The summed E-state index contributed by atoms with van der Waals surface area (Å²) in [7, 11) is 0. The lowest BCUT2D eigenvalue weighted by molar-refractivity contribution is 0.324. The molecule has 0 N–H and O–H groups in total. The molecule has 2 unspecified atom stereocenters. The maximum atomic E-state index is 13.5. The van der Waals surface area contributed by atoms with Crippen LogP contribution in [0, 0.1) is 23.5 Å². The average molecular weight is 457 g/mol. The smallest absolute Gasteiger partial charge is 0.160 e. The highest BCUT2D eigenvalue weighted by atomic mass is 19.2. The van der Waals surface area contributed by atoms with Crippen molar-refractivity contribution in [3.63, 3.8) is 0 Å². The largest absolute Gasteiger partial charge is 0.248 e. The molecule has 4 rings (SSSR count). The molecule has 0 nitrogen and oxygen atoms in total. The van der Waals surface area contributed by atoms with Gasteiger partial charge in [0.2, 0.25) is 0 Å². The summed E-state index contributed by atoms with van der Waals surface area (Å²) in [5.74, 6) is 4.43. The zero-order valence-electron chi connectivity index (χ0n) is 19.4. The van der Waals surface area contributed by atoms with Crippen LogP contribution in [0.25, 0.3) is 10.8 Å². The summed E-state index contributed by atoms with van der Waals surface area (Å²) in [6, 6.07) is 24.3. The van der Waals surface area contributed by atoms with Gasteiger partial charge in [0.25, 0.3) is 0 Å². The first kappa shape index (κ1) is 23.6. The van der Waals surface area contributed by atoms with Gasteiger partial charge in [-0.05, 0) is 83.8 Å². The molecular formula is C31H27F3. The van der Waals surface area contributed by atoms with E-state index in [1.54, 1.807) is 6.92 Å². The fraction of sp³-hybridized carbons (Fsp3) is 0.226. The summed E-state index contributed by atoms with van der Waals surface area (Å²) in [6.45, 7) is 3.71. The Labute approximate surface area is 199 Å². The van der Waals surface area contributed by atoms with E-state index in [4.69, 9.17) is 0 Å². The predicted molar refractivity (Wildman–Crippen MR) is 134 cm³/mol. The van der Waals surface area contributed by atoms with Crippen LogP contribution in [0.4, 0.5) is 13.2 Å². The fourth-order valence-corrected chi connectivity index (χ4v) is 4.45. The van der Waals surface area contributed by atoms with E-state index in [1.165, 1.54) is 22.8 Å². The number of alkyl halides is 1. The van der Waals surface area contributed by atoms with Gasteiger partial charge in [0.15, 0.2) is 11.6 Å². The minimum atomic E-state index is -0.899. The molecule has 0 fully saturated rings. The van der Waals surface area contributed by atoms with E-state index in [0.29, 0.717) is 12.0 Å². The molecule has 0 bridgehead atoms. The molecule has 0 saturated heterocycles. The third-order valence-electron chi connectivity index (χ3n) is 6.15. The van der Waals surface area contributed by atoms with E-state index >= 15 is 0 Å². The number of rotatable bonds is 6. The van der Waals surface area contributed by atoms with E-state index in [9.17, 15) is 13.2 Å². The van der Waals surface area contributed by atoms with E-state index in [1.807, 2.05) is 24.3 Å². The molecule has 0 aliphatic carbocycles. The first-order valence-electron chi connectivity index (χ1n) is 11.6. The first-order chi connectivity index (χ1) is 16.4. The standard InChI is InChI=1S/C31H27F3/c1-21(18-22(2)32)28-9-4-3-6-25(28)14-10-23-12-16-29-26(7-5-8-27(29)19-23)15-11-24-13-17-30(33)31(34)20-24/h3-9,12-13,16-17,19-22H,10,14,18H2,1-2H3. The molecule has 0 aliphatic rings. The van der Waals surface area contributed by atoms with Crippen molar-refractivity contribution < 1.29 is 13.2 Å². The average Bonchev–Trinajstić information content (AvgIpc) is 2.83. The van der Waals surface area contributed by atoms with Gasteiger partial charge in [-0.2, -0.15) is 0 Å². The zero-order chi connectivity index (χ0) is 24.1. The third kappa shape index (κ3) is 5.69. The lowest BCUT2D eigenvalue weighted by Crippen LogP contribution is -2.05. The maximum absolute atomic E-state index is 13.5.